The molecule has 1 fully saturated rings. The predicted octanol–water partition coefficient (Wildman–Crippen LogP) is 3.78. The summed E-state index contributed by atoms with van der Waals surface area (Å²) in [5.74, 6) is 0.152. The third-order valence-electron chi connectivity index (χ3n) is 3.55. The van der Waals surface area contributed by atoms with Gasteiger partial charge in [0.15, 0.2) is 0 Å². The van der Waals surface area contributed by atoms with Gasteiger partial charge in [-0.3, -0.25) is 0 Å². The van der Waals surface area contributed by atoms with E-state index < -0.39 is 17.8 Å². The quantitative estimate of drug-likeness (QED) is 0.839. The highest BCUT2D eigenvalue weighted by Crippen LogP contribution is 2.57. The second-order valence-corrected chi connectivity index (χ2v) is 5.36. The van der Waals surface area contributed by atoms with Gasteiger partial charge in [-0.15, -0.1) is 0 Å². The van der Waals surface area contributed by atoms with Crippen molar-refractivity contribution in [3.05, 3.63) is 35.4 Å². The van der Waals surface area contributed by atoms with E-state index in [1.807, 2.05) is 13.8 Å². The molecule has 2 unspecified atom stereocenters. The van der Waals surface area contributed by atoms with E-state index in [0.29, 0.717) is 5.56 Å². The van der Waals surface area contributed by atoms with E-state index in [4.69, 9.17) is 0 Å². The van der Waals surface area contributed by atoms with Gasteiger partial charge in [-0.05, 0) is 35.4 Å². The van der Waals surface area contributed by atoms with Crippen LogP contribution in [0.4, 0.5) is 13.2 Å². The third kappa shape index (κ3) is 2.46. The number of alkyl halides is 3. The van der Waals surface area contributed by atoms with Crippen molar-refractivity contribution >= 4 is 0 Å². The summed E-state index contributed by atoms with van der Waals surface area (Å²) in [6, 6.07) is 4.77. The van der Waals surface area contributed by atoms with Crippen molar-refractivity contribution in [1.29, 1.82) is 0 Å². The maximum absolute atomic E-state index is 12.4. The van der Waals surface area contributed by atoms with Gasteiger partial charge >= 0.3 is 6.18 Å². The molecule has 0 amide bonds. The van der Waals surface area contributed by atoms with Gasteiger partial charge in [-0.2, -0.15) is 13.2 Å². The minimum absolute atomic E-state index is 0.0993. The fourth-order valence-corrected chi connectivity index (χ4v) is 2.15. The van der Waals surface area contributed by atoms with Crippen LogP contribution in [-0.2, 0) is 6.18 Å². The Hall–Kier alpha value is -1.03. The molecule has 2 rings (SSSR count). The lowest BCUT2D eigenvalue weighted by molar-refractivity contribution is -0.137. The first-order chi connectivity index (χ1) is 7.72. The molecule has 1 aliphatic rings. The Morgan fingerprint density at radius 3 is 2.06 bits per heavy atom. The molecule has 1 N–H and O–H groups in total. The van der Waals surface area contributed by atoms with Crippen LogP contribution in [0.15, 0.2) is 24.3 Å². The molecule has 1 aromatic carbocycles. The van der Waals surface area contributed by atoms with Crippen molar-refractivity contribution in [2.75, 3.05) is 0 Å². The highest BCUT2D eigenvalue weighted by molar-refractivity contribution is 5.27. The average Bonchev–Trinajstić information content (AvgIpc) is 2.86. The minimum atomic E-state index is -4.32. The molecule has 94 valence electrons. The summed E-state index contributed by atoms with van der Waals surface area (Å²) in [4.78, 5) is 0. The van der Waals surface area contributed by atoms with Crippen LogP contribution in [0.25, 0.3) is 0 Å². The summed E-state index contributed by atoms with van der Waals surface area (Å²) in [7, 11) is 0. The average molecular weight is 244 g/mol. The minimum Gasteiger partial charge on any atom is -0.388 e. The fourth-order valence-electron chi connectivity index (χ4n) is 2.15. The maximum atomic E-state index is 12.4. The standard InChI is InChI=1S/C13H15F3O/c1-12(2)7-10(12)11(17)8-3-5-9(6-4-8)13(14,15)16/h3-6,10-11,17H,7H2,1-2H3. The van der Waals surface area contributed by atoms with Gasteiger partial charge in [0, 0.05) is 0 Å². The normalized spacial score (nSPS) is 24.5. The second kappa shape index (κ2) is 3.73. The van der Waals surface area contributed by atoms with Crippen LogP contribution in [0.1, 0.15) is 37.5 Å². The van der Waals surface area contributed by atoms with Crippen molar-refractivity contribution in [3.8, 4) is 0 Å². The highest BCUT2D eigenvalue weighted by Gasteiger charge is 2.50. The smallest absolute Gasteiger partial charge is 0.388 e. The van der Waals surface area contributed by atoms with Gasteiger partial charge < -0.3 is 5.11 Å². The van der Waals surface area contributed by atoms with E-state index in [1.54, 1.807) is 0 Å². The van der Waals surface area contributed by atoms with E-state index in [0.717, 1.165) is 18.6 Å². The van der Waals surface area contributed by atoms with Crippen molar-refractivity contribution in [2.45, 2.75) is 32.5 Å². The van der Waals surface area contributed by atoms with Crippen LogP contribution >= 0.6 is 0 Å². The summed E-state index contributed by atoms with van der Waals surface area (Å²) >= 11 is 0. The Bertz CT molecular complexity index is 406. The molecule has 0 heterocycles. The zero-order valence-corrected chi connectivity index (χ0v) is 9.75. The van der Waals surface area contributed by atoms with Crippen LogP contribution in [0.3, 0.4) is 0 Å². The Morgan fingerprint density at radius 2 is 1.71 bits per heavy atom. The van der Waals surface area contributed by atoms with Crippen molar-refractivity contribution in [1.82, 2.24) is 0 Å². The zero-order chi connectivity index (χ0) is 12.8. The number of halogens is 3. The predicted molar refractivity (Wildman–Crippen MR) is 58.3 cm³/mol. The van der Waals surface area contributed by atoms with Crippen LogP contribution in [-0.4, -0.2) is 5.11 Å². The van der Waals surface area contributed by atoms with Crippen LogP contribution in [0.2, 0.25) is 0 Å². The molecule has 0 spiro atoms. The molecule has 1 saturated carbocycles. The molecule has 1 aromatic rings. The van der Waals surface area contributed by atoms with Crippen LogP contribution in [0.5, 0.6) is 0 Å². The Morgan fingerprint density at radius 1 is 1.24 bits per heavy atom. The zero-order valence-electron chi connectivity index (χ0n) is 9.75. The number of hydrogen-bond donors (Lipinski definition) is 1. The van der Waals surface area contributed by atoms with E-state index in [1.165, 1.54) is 12.1 Å². The fraction of sp³-hybridized carbons (Fsp3) is 0.538. The number of benzene rings is 1. The van der Waals surface area contributed by atoms with Gasteiger partial charge in [0.2, 0.25) is 0 Å². The Balaban J connectivity index is 2.14. The van der Waals surface area contributed by atoms with E-state index >= 15 is 0 Å². The molecule has 17 heavy (non-hydrogen) atoms. The summed E-state index contributed by atoms with van der Waals surface area (Å²) in [6.45, 7) is 4.09. The van der Waals surface area contributed by atoms with Crippen molar-refractivity contribution < 1.29 is 18.3 Å². The lowest BCUT2D eigenvalue weighted by Crippen LogP contribution is -2.07. The SMILES string of the molecule is CC1(C)CC1C(O)c1ccc(C(F)(F)F)cc1. The third-order valence-corrected chi connectivity index (χ3v) is 3.55. The molecular weight excluding hydrogens is 229 g/mol. The maximum Gasteiger partial charge on any atom is 0.416 e. The topological polar surface area (TPSA) is 20.2 Å². The molecule has 2 atom stereocenters. The largest absolute Gasteiger partial charge is 0.416 e. The molecule has 1 aliphatic carbocycles. The molecule has 0 bridgehead atoms. The lowest BCUT2D eigenvalue weighted by Gasteiger charge is -2.14. The second-order valence-electron chi connectivity index (χ2n) is 5.36. The summed E-state index contributed by atoms with van der Waals surface area (Å²) in [5.41, 5.74) is -0.0145. The van der Waals surface area contributed by atoms with Gasteiger partial charge in [0.1, 0.15) is 0 Å². The van der Waals surface area contributed by atoms with Gasteiger partial charge in [0.05, 0.1) is 11.7 Å². The first kappa shape index (κ1) is 12.4. The van der Waals surface area contributed by atoms with Crippen molar-refractivity contribution in [3.63, 3.8) is 0 Å². The van der Waals surface area contributed by atoms with Gasteiger partial charge in [-0.25, -0.2) is 0 Å². The molecule has 0 radical (unpaired) electrons. The lowest BCUT2D eigenvalue weighted by atomic mass is 9.99. The van der Waals surface area contributed by atoms with Gasteiger partial charge in [0.25, 0.3) is 0 Å². The number of aliphatic hydroxyl groups excluding tert-OH is 1. The van der Waals surface area contributed by atoms with Crippen LogP contribution < -0.4 is 0 Å². The van der Waals surface area contributed by atoms with Crippen LogP contribution in [0, 0.1) is 11.3 Å². The first-order valence-corrected chi connectivity index (χ1v) is 5.57. The monoisotopic (exact) mass is 244 g/mol. The molecule has 0 aliphatic heterocycles. The van der Waals surface area contributed by atoms with E-state index in [9.17, 15) is 18.3 Å². The van der Waals surface area contributed by atoms with Crippen molar-refractivity contribution in [2.24, 2.45) is 11.3 Å². The first-order valence-electron chi connectivity index (χ1n) is 5.57. The number of aliphatic hydroxyl groups is 1. The van der Waals surface area contributed by atoms with Gasteiger partial charge in [-0.1, -0.05) is 26.0 Å². The number of hydrogen-bond acceptors (Lipinski definition) is 1. The molecule has 0 aromatic heterocycles. The molecule has 0 saturated heterocycles. The molecular formula is C13H15F3O. The summed E-state index contributed by atoms with van der Waals surface area (Å²) in [5, 5.41) is 10.0. The number of rotatable bonds is 2. The summed E-state index contributed by atoms with van der Waals surface area (Å²) < 4.78 is 37.1. The summed E-state index contributed by atoms with van der Waals surface area (Å²) in [6.07, 6.45) is -4.07. The molecule has 1 nitrogen and oxygen atoms in total. The van der Waals surface area contributed by atoms with E-state index in [-0.39, 0.29) is 11.3 Å². The Labute approximate surface area is 98.3 Å². The highest BCUT2D eigenvalue weighted by atomic mass is 19.4. The molecule has 4 heteroatoms. The Kier molecular flexibility index (Phi) is 2.73. The van der Waals surface area contributed by atoms with E-state index in [2.05, 4.69) is 0 Å².